The highest BCUT2D eigenvalue weighted by molar-refractivity contribution is 5.48. The van der Waals surface area contributed by atoms with Crippen LogP contribution in [0.15, 0.2) is 18.2 Å². The van der Waals surface area contributed by atoms with Crippen LogP contribution >= 0.6 is 0 Å². The molecule has 18 heavy (non-hydrogen) atoms. The fraction of sp³-hybridized carbons (Fsp3) is 0.571. The van der Waals surface area contributed by atoms with Crippen LogP contribution in [-0.4, -0.2) is 36.3 Å². The number of β-amino-alcohol motifs (C(OH)–C–C–N with tert-alkyl or cyclic N) is 1. The molecule has 0 aromatic heterocycles. The second kappa shape index (κ2) is 5.59. The molecule has 2 atom stereocenters. The highest BCUT2D eigenvalue weighted by Gasteiger charge is 2.24. The molecule has 0 amide bonds. The summed E-state index contributed by atoms with van der Waals surface area (Å²) >= 11 is 0. The molecule has 4 nitrogen and oxygen atoms in total. The molecule has 100 valence electrons. The topological polar surface area (TPSA) is 58.7 Å². The lowest BCUT2D eigenvalue weighted by Crippen LogP contribution is -2.42. The predicted octanol–water partition coefficient (Wildman–Crippen LogP) is 1.48. The Kier molecular flexibility index (Phi) is 4.09. The lowest BCUT2D eigenvalue weighted by Gasteiger charge is -2.34. The van der Waals surface area contributed by atoms with E-state index in [0.717, 1.165) is 37.4 Å². The Balaban J connectivity index is 2.05. The number of rotatable bonds is 3. The fourth-order valence-corrected chi connectivity index (χ4v) is 2.39. The Hall–Kier alpha value is -1.26. The van der Waals surface area contributed by atoms with E-state index in [-0.39, 0.29) is 6.10 Å². The number of nitrogens with zero attached hydrogens (tertiary/aromatic N) is 1. The number of nitrogen functional groups attached to an aromatic ring is 1. The lowest BCUT2D eigenvalue weighted by atomic mass is 9.95. The van der Waals surface area contributed by atoms with Gasteiger partial charge in [0.1, 0.15) is 5.75 Å². The number of benzene rings is 1. The van der Waals surface area contributed by atoms with Crippen molar-refractivity contribution in [2.24, 2.45) is 5.92 Å². The zero-order valence-electron chi connectivity index (χ0n) is 11.1. The summed E-state index contributed by atoms with van der Waals surface area (Å²) in [5.74, 6) is 1.22. The molecule has 0 bridgehead atoms. The van der Waals surface area contributed by atoms with Gasteiger partial charge in [-0.1, -0.05) is 13.0 Å². The maximum Gasteiger partial charge on any atom is 0.125 e. The molecule has 1 aromatic rings. The normalized spacial score (nSPS) is 25.1. The standard InChI is InChI=1S/C14H22N2O2/c1-10-5-6-16(9-13(10)17)8-11-3-4-12(15)7-14(11)18-2/h3-4,7,10,13,17H,5-6,8-9,15H2,1-2H3. The van der Waals surface area contributed by atoms with Crippen LogP contribution in [0, 0.1) is 5.92 Å². The Morgan fingerprint density at radius 2 is 2.28 bits per heavy atom. The van der Waals surface area contributed by atoms with Crippen molar-refractivity contribution in [1.82, 2.24) is 4.90 Å². The second-order valence-corrected chi connectivity index (χ2v) is 5.14. The Labute approximate surface area is 108 Å². The van der Waals surface area contributed by atoms with Crippen LogP contribution in [0.4, 0.5) is 5.69 Å². The SMILES string of the molecule is COc1cc(N)ccc1CN1CCC(C)C(O)C1. The van der Waals surface area contributed by atoms with Crippen molar-refractivity contribution >= 4 is 5.69 Å². The summed E-state index contributed by atoms with van der Waals surface area (Å²) in [6.45, 7) is 4.65. The van der Waals surface area contributed by atoms with Gasteiger partial charge in [-0.2, -0.15) is 0 Å². The second-order valence-electron chi connectivity index (χ2n) is 5.14. The molecule has 2 rings (SSSR count). The molecular formula is C14H22N2O2. The molecule has 1 aliphatic rings. The summed E-state index contributed by atoms with van der Waals surface area (Å²) in [4.78, 5) is 2.26. The molecule has 1 aromatic carbocycles. The summed E-state index contributed by atoms with van der Waals surface area (Å²) in [6, 6.07) is 5.73. The van der Waals surface area contributed by atoms with Crippen LogP contribution < -0.4 is 10.5 Å². The number of nitrogens with two attached hydrogens (primary N) is 1. The smallest absolute Gasteiger partial charge is 0.125 e. The van der Waals surface area contributed by atoms with Crippen LogP contribution in [-0.2, 0) is 6.54 Å². The number of methoxy groups -OCH3 is 1. The number of piperidine rings is 1. The van der Waals surface area contributed by atoms with E-state index in [1.165, 1.54) is 0 Å². The van der Waals surface area contributed by atoms with Gasteiger partial charge in [-0.3, -0.25) is 4.90 Å². The van der Waals surface area contributed by atoms with E-state index >= 15 is 0 Å². The molecule has 1 heterocycles. The van der Waals surface area contributed by atoms with Gasteiger partial charge in [-0.05, 0) is 24.9 Å². The van der Waals surface area contributed by atoms with Crippen molar-refractivity contribution in [2.75, 3.05) is 25.9 Å². The number of aliphatic hydroxyl groups excluding tert-OH is 1. The van der Waals surface area contributed by atoms with Crippen LogP contribution in [0.2, 0.25) is 0 Å². The average molecular weight is 250 g/mol. The molecule has 0 radical (unpaired) electrons. The molecule has 0 spiro atoms. The van der Waals surface area contributed by atoms with E-state index in [0.29, 0.717) is 11.6 Å². The van der Waals surface area contributed by atoms with E-state index in [4.69, 9.17) is 10.5 Å². The van der Waals surface area contributed by atoms with Crippen LogP contribution in [0.25, 0.3) is 0 Å². The van der Waals surface area contributed by atoms with Gasteiger partial charge in [0, 0.05) is 30.4 Å². The third-order valence-electron chi connectivity index (χ3n) is 3.71. The summed E-state index contributed by atoms with van der Waals surface area (Å²) in [7, 11) is 1.66. The number of ether oxygens (including phenoxy) is 1. The van der Waals surface area contributed by atoms with E-state index in [2.05, 4.69) is 11.8 Å². The largest absolute Gasteiger partial charge is 0.496 e. The molecule has 1 saturated heterocycles. The number of hydrogen-bond donors (Lipinski definition) is 2. The van der Waals surface area contributed by atoms with Crippen LogP contribution in [0.3, 0.4) is 0 Å². The number of aliphatic hydroxyl groups is 1. The van der Waals surface area contributed by atoms with Crippen molar-refractivity contribution in [3.8, 4) is 5.75 Å². The van der Waals surface area contributed by atoms with Gasteiger partial charge in [-0.25, -0.2) is 0 Å². The first-order chi connectivity index (χ1) is 8.60. The minimum absolute atomic E-state index is 0.224. The maximum absolute atomic E-state index is 9.90. The average Bonchev–Trinajstić information content (AvgIpc) is 2.36. The summed E-state index contributed by atoms with van der Waals surface area (Å²) in [6.07, 6.45) is 0.817. The molecule has 2 unspecified atom stereocenters. The van der Waals surface area contributed by atoms with E-state index in [1.807, 2.05) is 18.2 Å². The number of anilines is 1. The molecule has 0 aliphatic carbocycles. The minimum atomic E-state index is -0.224. The molecular weight excluding hydrogens is 228 g/mol. The van der Waals surface area contributed by atoms with Gasteiger partial charge in [0.15, 0.2) is 0 Å². The fourth-order valence-electron chi connectivity index (χ4n) is 2.39. The van der Waals surface area contributed by atoms with Crippen molar-refractivity contribution in [3.05, 3.63) is 23.8 Å². The Morgan fingerprint density at radius 1 is 1.50 bits per heavy atom. The first-order valence-corrected chi connectivity index (χ1v) is 6.43. The van der Waals surface area contributed by atoms with Gasteiger partial charge in [0.2, 0.25) is 0 Å². The van der Waals surface area contributed by atoms with Crippen LogP contribution in [0.5, 0.6) is 5.75 Å². The third kappa shape index (κ3) is 2.94. The van der Waals surface area contributed by atoms with Gasteiger partial charge >= 0.3 is 0 Å². The van der Waals surface area contributed by atoms with Gasteiger partial charge in [0.25, 0.3) is 0 Å². The highest BCUT2D eigenvalue weighted by atomic mass is 16.5. The van der Waals surface area contributed by atoms with Gasteiger partial charge < -0.3 is 15.6 Å². The monoisotopic (exact) mass is 250 g/mol. The minimum Gasteiger partial charge on any atom is -0.496 e. The predicted molar refractivity (Wildman–Crippen MR) is 72.5 cm³/mol. The van der Waals surface area contributed by atoms with E-state index < -0.39 is 0 Å². The molecule has 0 saturated carbocycles. The van der Waals surface area contributed by atoms with E-state index in [9.17, 15) is 5.11 Å². The number of hydrogen-bond acceptors (Lipinski definition) is 4. The summed E-state index contributed by atoms with van der Waals surface area (Å²) < 4.78 is 5.35. The van der Waals surface area contributed by atoms with Crippen molar-refractivity contribution in [1.29, 1.82) is 0 Å². The molecule has 1 fully saturated rings. The Morgan fingerprint density at radius 3 is 2.94 bits per heavy atom. The van der Waals surface area contributed by atoms with E-state index in [1.54, 1.807) is 7.11 Å². The zero-order valence-corrected chi connectivity index (χ0v) is 11.1. The Bertz CT molecular complexity index is 409. The third-order valence-corrected chi connectivity index (χ3v) is 3.71. The quantitative estimate of drug-likeness (QED) is 0.798. The van der Waals surface area contributed by atoms with Crippen LogP contribution in [0.1, 0.15) is 18.9 Å². The maximum atomic E-state index is 9.90. The van der Waals surface area contributed by atoms with Gasteiger partial charge in [-0.15, -0.1) is 0 Å². The first-order valence-electron chi connectivity index (χ1n) is 6.43. The summed E-state index contributed by atoms with van der Waals surface area (Å²) in [5, 5.41) is 9.90. The first kappa shape index (κ1) is 13.2. The zero-order chi connectivity index (χ0) is 13.1. The summed E-state index contributed by atoms with van der Waals surface area (Å²) in [5.41, 5.74) is 7.57. The number of likely N-dealkylation sites (tertiary alicyclic amines) is 1. The lowest BCUT2D eigenvalue weighted by molar-refractivity contribution is 0.0256. The van der Waals surface area contributed by atoms with Crippen molar-refractivity contribution in [2.45, 2.75) is 26.0 Å². The van der Waals surface area contributed by atoms with Gasteiger partial charge in [0.05, 0.1) is 13.2 Å². The molecule has 3 N–H and O–H groups in total. The highest BCUT2D eigenvalue weighted by Crippen LogP contribution is 2.25. The molecule has 4 heteroatoms. The molecule has 1 aliphatic heterocycles. The van der Waals surface area contributed by atoms with Crippen molar-refractivity contribution in [3.63, 3.8) is 0 Å². The van der Waals surface area contributed by atoms with Crippen molar-refractivity contribution < 1.29 is 9.84 Å².